The summed E-state index contributed by atoms with van der Waals surface area (Å²) in [7, 11) is 0. The van der Waals surface area contributed by atoms with E-state index in [0.29, 0.717) is 35.6 Å². The Labute approximate surface area is 119 Å². The van der Waals surface area contributed by atoms with Crippen LogP contribution in [0.4, 0.5) is 5.69 Å². The fourth-order valence-corrected chi connectivity index (χ4v) is 3.48. The second kappa shape index (κ2) is 4.75. The van der Waals surface area contributed by atoms with Crippen LogP contribution in [-0.2, 0) is 4.79 Å². The van der Waals surface area contributed by atoms with Gasteiger partial charge in [0, 0.05) is 19.3 Å². The lowest BCUT2D eigenvalue weighted by molar-refractivity contribution is -0.121. The second-order valence-electron chi connectivity index (χ2n) is 4.83. The summed E-state index contributed by atoms with van der Waals surface area (Å²) in [6.45, 7) is 0.906. The lowest BCUT2D eigenvalue weighted by Crippen LogP contribution is -2.31. The van der Waals surface area contributed by atoms with Crippen molar-refractivity contribution in [3.8, 4) is 0 Å². The molecule has 0 spiro atoms. The van der Waals surface area contributed by atoms with Crippen molar-refractivity contribution < 1.29 is 9.59 Å². The molecular formula is C13H14N4O2S. The summed E-state index contributed by atoms with van der Waals surface area (Å²) in [6, 6.07) is 3.70. The largest absolute Gasteiger partial charge is 0.396 e. The van der Waals surface area contributed by atoms with Crippen LogP contribution in [0, 0.1) is 5.92 Å². The van der Waals surface area contributed by atoms with E-state index in [2.05, 4.69) is 4.98 Å². The molecule has 1 aliphatic heterocycles. The van der Waals surface area contributed by atoms with E-state index in [0.717, 1.165) is 4.70 Å². The average Bonchev–Trinajstić information content (AvgIpc) is 3.04. The van der Waals surface area contributed by atoms with Crippen LogP contribution in [0.5, 0.6) is 0 Å². The van der Waals surface area contributed by atoms with Gasteiger partial charge in [0.15, 0.2) is 0 Å². The Kier molecular flexibility index (Phi) is 3.06. The van der Waals surface area contributed by atoms with Gasteiger partial charge < -0.3 is 16.4 Å². The maximum Gasteiger partial charge on any atom is 0.266 e. The zero-order valence-corrected chi connectivity index (χ0v) is 11.5. The minimum atomic E-state index is -0.355. The lowest BCUT2D eigenvalue weighted by atomic mass is 10.1. The molecule has 6 nitrogen and oxygen atoms in total. The average molecular weight is 290 g/mol. The van der Waals surface area contributed by atoms with E-state index in [9.17, 15) is 9.59 Å². The Bertz CT molecular complexity index is 697. The number of nitrogens with zero attached hydrogens (tertiary/aromatic N) is 2. The molecule has 3 rings (SSSR count). The molecule has 2 aromatic rings. The van der Waals surface area contributed by atoms with Gasteiger partial charge in [-0.3, -0.25) is 14.6 Å². The molecule has 4 N–H and O–H groups in total. The molecule has 2 amide bonds. The third-order valence-corrected chi connectivity index (χ3v) is 4.70. The molecule has 1 atom stereocenters. The third-order valence-electron chi connectivity index (χ3n) is 3.55. The highest BCUT2D eigenvalue weighted by Gasteiger charge is 2.32. The number of hydrogen-bond acceptors (Lipinski definition) is 5. The van der Waals surface area contributed by atoms with Gasteiger partial charge in [0.25, 0.3) is 5.91 Å². The quantitative estimate of drug-likeness (QED) is 0.855. The molecule has 1 unspecified atom stereocenters. The predicted molar refractivity (Wildman–Crippen MR) is 77.2 cm³/mol. The second-order valence-corrected chi connectivity index (χ2v) is 5.89. The summed E-state index contributed by atoms with van der Waals surface area (Å²) in [5, 5.41) is 0. The molecule has 1 aliphatic rings. The van der Waals surface area contributed by atoms with Crippen LogP contribution in [0.3, 0.4) is 0 Å². The highest BCUT2D eigenvalue weighted by Crippen LogP contribution is 2.33. The number of amides is 2. The van der Waals surface area contributed by atoms with Crippen molar-refractivity contribution in [3.63, 3.8) is 0 Å². The van der Waals surface area contributed by atoms with Crippen molar-refractivity contribution >= 4 is 39.1 Å². The molecule has 0 radical (unpaired) electrons. The van der Waals surface area contributed by atoms with Gasteiger partial charge in [-0.2, -0.15) is 0 Å². The Morgan fingerprint density at radius 3 is 2.90 bits per heavy atom. The summed E-state index contributed by atoms with van der Waals surface area (Å²) in [6.07, 6.45) is 2.27. The normalized spacial score (nSPS) is 18.6. The zero-order valence-electron chi connectivity index (χ0n) is 10.7. The molecule has 0 saturated carbocycles. The van der Waals surface area contributed by atoms with Crippen LogP contribution in [-0.4, -0.2) is 34.8 Å². The summed E-state index contributed by atoms with van der Waals surface area (Å²) in [5.74, 6) is -0.756. The molecule has 1 fully saturated rings. The first-order valence-corrected chi connectivity index (χ1v) is 7.11. The minimum absolute atomic E-state index is 0.144. The van der Waals surface area contributed by atoms with E-state index in [-0.39, 0.29) is 17.7 Å². The van der Waals surface area contributed by atoms with Crippen LogP contribution in [0.1, 0.15) is 16.1 Å². The van der Waals surface area contributed by atoms with E-state index < -0.39 is 0 Å². The smallest absolute Gasteiger partial charge is 0.266 e. The molecule has 20 heavy (non-hydrogen) atoms. The molecule has 0 aliphatic carbocycles. The van der Waals surface area contributed by atoms with Gasteiger partial charge in [-0.05, 0) is 18.6 Å². The van der Waals surface area contributed by atoms with E-state index >= 15 is 0 Å². The first kappa shape index (κ1) is 12.9. The molecule has 0 bridgehead atoms. The monoisotopic (exact) mass is 290 g/mol. The number of pyridine rings is 1. The third kappa shape index (κ3) is 2.00. The molecule has 104 valence electrons. The lowest BCUT2D eigenvalue weighted by Gasteiger charge is -2.15. The highest BCUT2D eigenvalue weighted by atomic mass is 32.1. The summed E-state index contributed by atoms with van der Waals surface area (Å²) < 4.78 is 0.888. The molecule has 2 aromatic heterocycles. The number of carbonyl (C=O) groups excluding carboxylic acids is 2. The van der Waals surface area contributed by atoms with Gasteiger partial charge in [-0.15, -0.1) is 11.3 Å². The van der Waals surface area contributed by atoms with Crippen molar-refractivity contribution in [1.82, 2.24) is 9.88 Å². The number of fused-ring (bicyclic) bond motifs is 1. The van der Waals surface area contributed by atoms with Gasteiger partial charge in [0.05, 0.1) is 16.3 Å². The van der Waals surface area contributed by atoms with E-state index in [4.69, 9.17) is 11.5 Å². The van der Waals surface area contributed by atoms with Crippen LogP contribution < -0.4 is 11.5 Å². The van der Waals surface area contributed by atoms with E-state index in [1.54, 1.807) is 11.1 Å². The first-order valence-electron chi connectivity index (χ1n) is 6.29. The molecule has 0 aromatic carbocycles. The molecule has 7 heteroatoms. The number of aromatic nitrogens is 1. The number of likely N-dealkylation sites (tertiary alicyclic amines) is 1. The van der Waals surface area contributed by atoms with Crippen LogP contribution >= 0.6 is 11.3 Å². The number of nitrogens with two attached hydrogens (primary N) is 2. The fraction of sp³-hybridized carbons (Fsp3) is 0.308. The maximum absolute atomic E-state index is 12.5. The summed E-state index contributed by atoms with van der Waals surface area (Å²) in [5.41, 5.74) is 12.4. The van der Waals surface area contributed by atoms with Crippen molar-refractivity contribution in [3.05, 3.63) is 23.2 Å². The number of thiophene rings is 1. The van der Waals surface area contributed by atoms with Crippen LogP contribution in [0.15, 0.2) is 18.3 Å². The predicted octanol–water partition coefficient (Wildman–Crippen LogP) is 0.826. The Morgan fingerprint density at radius 2 is 2.25 bits per heavy atom. The Morgan fingerprint density at radius 1 is 1.45 bits per heavy atom. The number of carbonyl (C=O) groups is 2. The minimum Gasteiger partial charge on any atom is -0.396 e. The zero-order chi connectivity index (χ0) is 14.3. The first-order chi connectivity index (χ1) is 9.58. The Hall–Kier alpha value is -2.15. The van der Waals surface area contributed by atoms with Crippen molar-refractivity contribution in [2.75, 3.05) is 18.8 Å². The van der Waals surface area contributed by atoms with Gasteiger partial charge >= 0.3 is 0 Å². The Balaban J connectivity index is 1.90. The summed E-state index contributed by atoms with van der Waals surface area (Å²) in [4.78, 5) is 30.0. The maximum atomic E-state index is 12.5. The van der Waals surface area contributed by atoms with Crippen molar-refractivity contribution in [2.24, 2.45) is 11.7 Å². The number of anilines is 1. The summed E-state index contributed by atoms with van der Waals surface area (Å²) >= 11 is 1.33. The number of hydrogen-bond donors (Lipinski definition) is 2. The van der Waals surface area contributed by atoms with Crippen molar-refractivity contribution in [2.45, 2.75) is 6.42 Å². The fourth-order valence-electron chi connectivity index (χ4n) is 2.43. The SMILES string of the molecule is NC(=O)C1CCN(C(=O)c2sc3cccnc3c2N)C1. The standard InChI is InChI=1S/C13H14N4O2S/c14-9-10-8(2-1-4-16-10)20-11(9)13(19)17-5-3-7(6-17)12(15)18/h1-2,4,7H,3,5-6,14H2,(H2,15,18). The van der Waals surface area contributed by atoms with Crippen molar-refractivity contribution in [1.29, 1.82) is 0 Å². The van der Waals surface area contributed by atoms with Gasteiger partial charge in [0.2, 0.25) is 5.91 Å². The van der Waals surface area contributed by atoms with E-state index in [1.807, 2.05) is 12.1 Å². The number of primary amides is 1. The van der Waals surface area contributed by atoms with Crippen LogP contribution in [0.2, 0.25) is 0 Å². The van der Waals surface area contributed by atoms with E-state index in [1.165, 1.54) is 11.3 Å². The van der Waals surface area contributed by atoms with Gasteiger partial charge in [-0.1, -0.05) is 0 Å². The van der Waals surface area contributed by atoms with Gasteiger partial charge in [0.1, 0.15) is 10.4 Å². The molecule has 3 heterocycles. The highest BCUT2D eigenvalue weighted by molar-refractivity contribution is 7.21. The van der Waals surface area contributed by atoms with Crippen LogP contribution in [0.25, 0.3) is 10.2 Å². The molecule has 1 saturated heterocycles. The van der Waals surface area contributed by atoms with Gasteiger partial charge in [-0.25, -0.2) is 0 Å². The topological polar surface area (TPSA) is 102 Å². The number of nitrogen functional groups attached to an aromatic ring is 1. The number of rotatable bonds is 2. The molecular weight excluding hydrogens is 276 g/mol.